The Kier molecular flexibility index (Phi) is 56.1. The number of unbranched alkanes of at least 4 members (excludes halogenated alkanes) is 34. The Morgan fingerprint density at radius 1 is 0.474 bits per heavy atom. The maximum absolute atomic E-state index is 13.0. The maximum Gasteiger partial charge on any atom is 0.268 e. The van der Waals surface area contributed by atoms with E-state index >= 15 is 0 Å². The molecule has 0 aliphatic carbocycles. The SMILES string of the molecule is CC/C=C\C/C=C\C/C=C\C/C=C\C/C=C\C/C=C\CCCCC(=O)NC(COP(=O)([O-])OCC[N+](C)(C)C)C(O)CCCCCCCCCCCCCCCCCCCCCCCCCCCCCCCCCCC. The number of phosphoric ester groups is 1. The van der Waals surface area contributed by atoms with Crippen LogP contribution in [0.2, 0.25) is 0 Å². The maximum atomic E-state index is 13.0. The molecule has 0 aliphatic heterocycles. The van der Waals surface area contributed by atoms with E-state index in [2.05, 4.69) is 92.1 Å². The van der Waals surface area contributed by atoms with Crippen molar-refractivity contribution >= 4 is 13.7 Å². The number of amides is 1. The average Bonchev–Trinajstić information content (AvgIpc) is 3.38. The second-order valence-electron chi connectivity index (χ2n) is 23.1. The fourth-order valence-corrected chi connectivity index (χ4v) is 10.2. The highest BCUT2D eigenvalue weighted by atomic mass is 31.2. The molecular weight excluding hydrogens is 960 g/mol. The molecule has 0 aromatic carbocycles. The Morgan fingerprint density at radius 3 is 1.14 bits per heavy atom. The second kappa shape index (κ2) is 57.6. The molecule has 0 saturated carbocycles. The number of carbonyl (C=O) groups is 1. The van der Waals surface area contributed by atoms with Gasteiger partial charge in [-0.2, -0.15) is 0 Å². The van der Waals surface area contributed by atoms with Crippen LogP contribution in [0, 0.1) is 0 Å². The Bertz CT molecular complexity index is 1470. The summed E-state index contributed by atoms with van der Waals surface area (Å²) < 4.78 is 23.4. The van der Waals surface area contributed by atoms with E-state index in [1.165, 1.54) is 193 Å². The number of allylic oxidation sites excluding steroid dienone is 12. The van der Waals surface area contributed by atoms with Crippen LogP contribution in [-0.4, -0.2) is 68.5 Å². The van der Waals surface area contributed by atoms with Crippen molar-refractivity contribution in [2.45, 2.75) is 309 Å². The molecule has 0 rings (SSSR count). The Hall–Kier alpha value is -2.06. The van der Waals surface area contributed by atoms with Gasteiger partial charge in [0.1, 0.15) is 13.2 Å². The fraction of sp³-hybridized carbons (Fsp3) is 0.806. The van der Waals surface area contributed by atoms with Crippen LogP contribution in [0.5, 0.6) is 0 Å². The molecule has 0 bridgehead atoms. The van der Waals surface area contributed by atoms with E-state index in [-0.39, 0.29) is 19.1 Å². The molecule has 8 nitrogen and oxygen atoms in total. The molecular formula is C67H125N2O6P. The van der Waals surface area contributed by atoms with Crippen LogP contribution in [0.3, 0.4) is 0 Å². The van der Waals surface area contributed by atoms with Crippen molar-refractivity contribution < 1.29 is 32.9 Å². The van der Waals surface area contributed by atoms with E-state index in [9.17, 15) is 19.4 Å². The van der Waals surface area contributed by atoms with Gasteiger partial charge in [-0.05, 0) is 64.2 Å². The van der Waals surface area contributed by atoms with Gasteiger partial charge in [-0.3, -0.25) is 9.36 Å². The van der Waals surface area contributed by atoms with E-state index in [0.717, 1.165) is 70.6 Å². The number of hydrogen-bond acceptors (Lipinski definition) is 6. The lowest BCUT2D eigenvalue weighted by atomic mass is 10.0. The summed E-state index contributed by atoms with van der Waals surface area (Å²) in [6, 6.07) is -0.830. The number of nitrogens with zero attached hydrogens (tertiary/aromatic N) is 1. The highest BCUT2D eigenvalue weighted by Gasteiger charge is 2.24. The zero-order valence-electron chi connectivity index (χ0n) is 50.7. The number of aliphatic hydroxyl groups is 1. The lowest BCUT2D eigenvalue weighted by Gasteiger charge is -2.30. The van der Waals surface area contributed by atoms with Gasteiger partial charge >= 0.3 is 0 Å². The van der Waals surface area contributed by atoms with Crippen molar-refractivity contribution in [1.29, 1.82) is 0 Å². The normalized spacial score (nSPS) is 14.2. The average molecular weight is 1090 g/mol. The van der Waals surface area contributed by atoms with Gasteiger partial charge in [0, 0.05) is 6.42 Å². The second-order valence-corrected chi connectivity index (χ2v) is 24.5. The molecule has 0 aromatic rings. The smallest absolute Gasteiger partial charge is 0.268 e. The number of nitrogens with one attached hydrogen (secondary N) is 1. The van der Waals surface area contributed by atoms with E-state index in [0.29, 0.717) is 30.3 Å². The Morgan fingerprint density at radius 2 is 0.803 bits per heavy atom. The Labute approximate surface area is 472 Å². The highest BCUT2D eigenvalue weighted by Crippen LogP contribution is 2.38. The summed E-state index contributed by atoms with van der Waals surface area (Å²) in [4.78, 5) is 25.6. The molecule has 0 saturated heterocycles. The molecule has 3 atom stereocenters. The first-order chi connectivity index (χ1) is 37.0. The standard InChI is InChI=1S/C67H125N2O6P/c1-6-8-10-12-14-16-18-20-22-24-26-28-29-30-31-32-33-34-35-36-37-38-39-41-42-44-46-48-50-52-54-56-58-60-66(70)65(64-75-76(72,73)74-63-62-69(3,4)5)68-67(71)61-59-57-55-53-51-49-47-45-43-40-27-25-23-21-19-17-15-13-11-9-7-2/h9,11,15,17,21,23,27,40,45,47,51,53,65-66,70H,6-8,10,12-14,16,18-20,22,24-26,28-39,41-44,46,48-50,52,54-64H2,1-5H3,(H-,68,71,72,73)/b11-9-,17-15-,23-21-,40-27-,47-45-,53-51-. The van der Waals surface area contributed by atoms with Crippen LogP contribution < -0.4 is 10.2 Å². The highest BCUT2D eigenvalue weighted by molar-refractivity contribution is 7.45. The molecule has 0 radical (unpaired) electrons. The van der Waals surface area contributed by atoms with Crippen molar-refractivity contribution in [2.75, 3.05) is 40.9 Å². The van der Waals surface area contributed by atoms with E-state index in [1.807, 2.05) is 21.1 Å². The van der Waals surface area contributed by atoms with Crippen molar-refractivity contribution in [3.63, 3.8) is 0 Å². The number of aliphatic hydroxyl groups excluding tert-OH is 1. The monoisotopic (exact) mass is 1080 g/mol. The summed E-state index contributed by atoms with van der Waals surface area (Å²) in [7, 11) is 1.27. The largest absolute Gasteiger partial charge is 0.756 e. The predicted octanol–water partition coefficient (Wildman–Crippen LogP) is 19.6. The van der Waals surface area contributed by atoms with E-state index in [1.54, 1.807) is 0 Å². The van der Waals surface area contributed by atoms with Crippen molar-refractivity contribution in [2.24, 2.45) is 0 Å². The number of likely N-dealkylation sites (N-methyl/N-ethyl adjacent to an activating group) is 1. The third-order valence-corrected chi connectivity index (χ3v) is 15.4. The summed E-state index contributed by atoms with van der Waals surface area (Å²) in [6.07, 6.45) is 79.8. The molecule has 0 heterocycles. The first-order valence-electron chi connectivity index (χ1n) is 32.3. The van der Waals surface area contributed by atoms with Gasteiger partial charge in [0.2, 0.25) is 5.91 Å². The Balaban J connectivity index is 4.09. The van der Waals surface area contributed by atoms with Crippen molar-refractivity contribution in [1.82, 2.24) is 5.32 Å². The topological polar surface area (TPSA) is 108 Å². The van der Waals surface area contributed by atoms with Gasteiger partial charge in [-0.25, -0.2) is 0 Å². The molecule has 444 valence electrons. The summed E-state index contributed by atoms with van der Waals surface area (Å²) in [5.41, 5.74) is 0. The predicted molar refractivity (Wildman–Crippen MR) is 330 cm³/mol. The number of phosphoric acid groups is 1. The van der Waals surface area contributed by atoms with Gasteiger partial charge in [-0.1, -0.05) is 299 Å². The van der Waals surface area contributed by atoms with E-state index < -0.39 is 20.0 Å². The minimum Gasteiger partial charge on any atom is -0.756 e. The fourth-order valence-electron chi connectivity index (χ4n) is 9.46. The molecule has 3 unspecified atom stereocenters. The quantitative estimate of drug-likeness (QED) is 0.0272. The lowest BCUT2D eigenvalue weighted by molar-refractivity contribution is -0.870. The van der Waals surface area contributed by atoms with Crippen LogP contribution >= 0.6 is 7.82 Å². The van der Waals surface area contributed by atoms with Gasteiger partial charge in [0.15, 0.2) is 0 Å². The third-order valence-electron chi connectivity index (χ3n) is 14.5. The molecule has 1 amide bonds. The van der Waals surface area contributed by atoms with Gasteiger partial charge in [0.25, 0.3) is 7.82 Å². The molecule has 2 N–H and O–H groups in total. The first kappa shape index (κ1) is 73.9. The van der Waals surface area contributed by atoms with Gasteiger partial charge in [-0.15, -0.1) is 0 Å². The zero-order chi connectivity index (χ0) is 55.6. The van der Waals surface area contributed by atoms with Crippen LogP contribution in [0.4, 0.5) is 0 Å². The first-order valence-corrected chi connectivity index (χ1v) is 33.7. The van der Waals surface area contributed by atoms with Crippen LogP contribution in [0.25, 0.3) is 0 Å². The summed E-state index contributed by atoms with van der Waals surface area (Å²) >= 11 is 0. The summed E-state index contributed by atoms with van der Waals surface area (Å²) in [5.74, 6) is -0.205. The zero-order valence-corrected chi connectivity index (χ0v) is 51.6. The minimum atomic E-state index is -4.59. The molecule has 0 spiro atoms. The van der Waals surface area contributed by atoms with Crippen LogP contribution in [-0.2, 0) is 18.4 Å². The summed E-state index contributed by atoms with van der Waals surface area (Å²) in [6.45, 7) is 4.60. The molecule has 9 heteroatoms. The lowest BCUT2D eigenvalue weighted by Crippen LogP contribution is -2.46. The number of carbonyl (C=O) groups excluding carboxylic acids is 1. The molecule has 0 aromatic heterocycles. The molecule has 76 heavy (non-hydrogen) atoms. The number of rotatable bonds is 59. The van der Waals surface area contributed by atoms with Crippen LogP contribution in [0.15, 0.2) is 72.9 Å². The van der Waals surface area contributed by atoms with E-state index in [4.69, 9.17) is 9.05 Å². The van der Waals surface area contributed by atoms with Gasteiger partial charge < -0.3 is 28.8 Å². The third kappa shape index (κ3) is 59.6. The molecule has 0 fully saturated rings. The van der Waals surface area contributed by atoms with Gasteiger partial charge in [0.05, 0.1) is 39.9 Å². The molecule has 0 aliphatic rings. The van der Waals surface area contributed by atoms with Crippen molar-refractivity contribution in [3.8, 4) is 0 Å². The van der Waals surface area contributed by atoms with Crippen molar-refractivity contribution in [3.05, 3.63) is 72.9 Å². The minimum absolute atomic E-state index is 0.000334. The van der Waals surface area contributed by atoms with Crippen LogP contribution in [0.1, 0.15) is 296 Å². The number of hydrogen-bond donors (Lipinski definition) is 2. The summed E-state index contributed by atoms with van der Waals surface area (Å²) in [5, 5.41) is 14.0. The number of quaternary nitrogens is 1.